The number of methoxy groups -OCH3 is 1. The van der Waals surface area contributed by atoms with Crippen LogP contribution in [0, 0.1) is 0 Å². The molecule has 1 aliphatic heterocycles. The minimum Gasteiger partial charge on any atom is -0.507 e. The first kappa shape index (κ1) is 17.4. The Morgan fingerprint density at radius 1 is 1.04 bits per heavy atom. The van der Waals surface area contributed by atoms with Gasteiger partial charge in [0.1, 0.15) is 12.3 Å². The van der Waals surface area contributed by atoms with Crippen molar-refractivity contribution in [3.63, 3.8) is 0 Å². The van der Waals surface area contributed by atoms with Crippen molar-refractivity contribution in [2.24, 2.45) is 0 Å². The molecule has 1 aliphatic rings. The van der Waals surface area contributed by atoms with Crippen LogP contribution < -0.4 is 0 Å². The average Bonchev–Trinajstić information content (AvgIpc) is 2.93. The highest BCUT2D eigenvalue weighted by molar-refractivity contribution is 6.46. The minimum absolute atomic E-state index is 0.0451. The number of amides is 1. The molecule has 1 saturated heterocycles. The summed E-state index contributed by atoms with van der Waals surface area (Å²) in [4.78, 5) is 38.0. The molecule has 0 radical (unpaired) electrons. The van der Waals surface area contributed by atoms with Gasteiger partial charge in [0.15, 0.2) is 0 Å². The van der Waals surface area contributed by atoms with Crippen LogP contribution >= 0.6 is 0 Å². The molecule has 1 N–H and O–H groups in total. The number of aliphatic hydroxyl groups is 1. The lowest BCUT2D eigenvalue weighted by Gasteiger charge is -2.24. The van der Waals surface area contributed by atoms with Crippen LogP contribution in [0.3, 0.4) is 0 Å². The van der Waals surface area contributed by atoms with Gasteiger partial charge in [-0.05, 0) is 5.56 Å². The second-order valence-electron chi connectivity index (χ2n) is 5.78. The van der Waals surface area contributed by atoms with Crippen LogP contribution in [-0.4, -0.2) is 41.3 Å². The number of nitrogens with zero attached hydrogens (tertiary/aromatic N) is 1. The van der Waals surface area contributed by atoms with Gasteiger partial charge < -0.3 is 14.7 Å². The number of carbonyl (C=O) groups excluding carboxylic acids is 3. The summed E-state index contributed by atoms with van der Waals surface area (Å²) in [6.45, 7) is -0.383. The van der Waals surface area contributed by atoms with Crippen LogP contribution in [0.2, 0.25) is 0 Å². The van der Waals surface area contributed by atoms with E-state index in [1.165, 1.54) is 7.11 Å². The normalized spacial score (nSPS) is 18.8. The van der Waals surface area contributed by atoms with Gasteiger partial charge >= 0.3 is 5.97 Å². The predicted molar refractivity (Wildman–Crippen MR) is 93.9 cm³/mol. The molecule has 0 spiro atoms. The fraction of sp³-hybridized carbons (Fsp3) is 0.150. The second-order valence-corrected chi connectivity index (χ2v) is 5.78. The smallest absolute Gasteiger partial charge is 0.325 e. The van der Waals surface area contributed by atoms with Crippen molar-refractivity contribution in [3.8, 4) is 0 Å². The third kappa shape index (κ3) is 3.09. The first-order chi connectivity index (χ1) is 12.5. The Kier molecular flexibility index (Phi) is 4.84. The number of hydrogen-bond acceptors (Lipinski definition) is 5. The lowest BCUT2D eigenvalue weighted by Crippen LogP contribution is -2.35. The van der Waals surface area contributed by atoms with Crippen LogP contribution in [0.4, 0.5) is 0 Å². The number of Topliss-reactive ketones (excluding diaryl/α,β-unsaturated/α-hetero) is 1. The topological polar surface area (TPSA) is 83.9 Å². The standard InChI is InChI=1S/C20H17NO5/c1-26-15(22)12-21-17(13-8-4-2-5-9-13)16(19(24)20(21)25)18(23)14-10-6-3-7-11-14/h2-11,17,23H,12H2,1H3/b18-16+. The van der Waals surface area contributed by atoms with Crippen LogP contribution in [0.5, 0.6) is 0 Å². The quantitative estimate of drug-likeness (QED) is 0.395. The van der Waals surface area contributed by atoms with E-state index in [1.54, 1.807) is 60.7 Å². The summed E-state index contributed by atoms with van der Waals surface area (Å²) in [6, 6.07) is 16.4. The van der Waals surface area contributed by atoms with Gasteiger partial charge in [-0.1, -0.05) is 60.7 Å². The SMILES string of the molecule is COC(=O)CN1C(=O)C(=O)/C(=C(/O)c2ccccc2)C1c1ccccc1. The summed E-state index contributed by atoms with van der Waals surface area (Å²) >= 11 is 0. The van der Waals surface area contributed by atoms with Crippen molar-refractivity contribution in [2.45, 2.75) is 6.04 Å². The minimum atomic E-state index is -0.865. The molecule has 3 rings (SSSR count). The van der Waals surface area contributed by atoms with Gasteiger partial charge in [0.2, 0.25) is 0 Å². The Balaban J connectivity index is 2.16. The molecule has 132 valence electrons. The molecule has 26 heavy (non-hydrogen) atoms. The lowest BCUT2D eigenvalue weighted by atomic mass is 9.95. The molecule has 2 aromatic rings. The maximum absolute atomic E-state index is 12.6. The van der Waals surface area contributed by atoms with Gasteiger partial charge in [0, 0.05) is 5.56 Å². The molecule has 1 heterocycles. The van der Waals surface area contributed by atoms with E-state index in [1.807, 2.05) is 0 Å². The third-order valence-electron chi connectivity index (χ3n) is 4.23. The summed E-state index contributed by atoms with van der Waals surface area (Å²) < 4.78 is 4.64. The number of aliphatic hydroxyl groups excluding tert-OH is 1. The van der Waals surface area contributed by atoms with Crippen LogP contribution in [0.1, 0.15) is 17.2 Å². The molecular formula is C20H17NO5. The van der Waals surface area contributed by atoms with Gasteiger partial charge in [-0.25, -0.2) is 0 Å². The fourth-order valence-electron chi connectivity index (χ4n) is 2.98. The molecule has 2 aromatic carbocycles. The Morgan fingerprint density at radius 3 is 2.19 bits per heavy atom. The molecule has 1 atom stereocenters. The first-order valence-corrected chi connectivity index (χ1v) is 8.00. The summed E-state index contributed by atoms with van der Waals surface area (Å²) in [5.74, 6) is -2.59. The van der Waals surface area contributed by atoms with Crippen molar-refractivity contribution >= 4 is 23.4 Å². The van der Waals surface area contributed by atoms with Crippen LogP contribution in [0.15, 0.2) is 66.2 Å². The Labute approximate surface area is 150 Å². The van der Waals surface area contributed by atoms with Crippen molar-refractivity contribution in [1.29, 1.82) is 0 Å². The second kappa shape index (κ2) is 7.23. The number of likely N-dealkylation sites (tertiary alicyclic amines) is 1. The molecule has 0 aliphatic carbocycles. The Morgan fingerprint density at radius 2 is 1.62 bits per heavy atom. The Hall–Kier alpha value is -3.41. The highest BCUT2D eigenvalue weighted by Gasteiger charge is 2.46. The van der Waals surface area contributed by atoms with Crippen LogP contribution in [-0.2, 0) is 19.1 Å². The van der Waals surface area contributed by atoms with E-state index in [0.717, 1.165) is 4.90 Å². The van der Waals surface area contributed by atoms with E-state index in [0.29, 0.717) is 11.1 Å². The highest BCUT2D eigenvalue weighted by atomic mass is 16.5. The number of benzene rings is 2. The number of esters is 1. The van der Waals surface area contributed by atoms with Gasteiger partial charge in [0.05, 0.1) is 18.7 Å². The van der Waals surface area contributed by atoms with E-state index in [2.05, 4.69) is 4.74 Å². The van der Waals surface area contributed by atoms with Gasteiger partial charge in [0.25, 0.3) is 11.7 Å². The lowest BCUT2D eigenvalue weighted by molar-refractivity contribution is -0.148. The zero-order valence-corrected chi connectivity index (χ0v) is 14.1. The zero-order valence-electron chi connectivity index (χ0n) is 14.1. The van der Waals surface area contributed by atoms with E-state index >= 15 is 0 Å². The number of rotatable bonds is 4. The number of ether oxygens (including phenoxy) is 1. The summed E-state index contributed by atoms with van der Waals surface area (Å²) in [7, 11) is 1.21. The number of ketones is 1. The molecule has 6 heteroatoms. The maximum atomic E-state index is 12.6. The van der Waals surface area contributed by atoms with Gasteiger partial charge in [-0.3, -0.25) is 14.4 Å². The molecule has 0 bridgehead atoms. The highest BCUT2D eigenvalue weighted by Crippen LogP contribution is 2.39. The molecular weight excluding hydrogens is 334 g/mol. The van der Waals surface area contributed by atoms with Crippen molar-refractivity contribution in [2.75, 3.05) is 13.7 Å². The fourth-order valence-corrected chi connectivity index (χ4v) is 2.98. The summed E-state index contributed by atoms with van der Waals surface area (Å²) in [6.07, 6.45) is 0. The van der Waals surface area contributed by atoms with E-state index in [9.17, 15) is 19.5 Å². The average molecular weight is 351 g/mol. The van der Waals surface area contributed by atoms with E-state index < -0.39 is 23.7 Å². The number of carbonyl (C=O) groups is 3. The molecule has 1 unspecified atom stereocenters. The Bertz CT molecular complexity index is 874. The molecule has 1 amide bonds. The third-order valence-corrected chi connectivity index (χ3v) is 4.23. The zero-order chi connectivity index (χ0) is 18.7. The molecule has 6 nitrogen and oxygen atoms in total. The van der Waals surface area contributed by atoms with Gasteiger partial charge in [-0.15, -0.1) is 0 Å². The molecule has 0 saturated carbocycles. The van der Waals surface area contributed by atoms with E-state index in [4.69, 9.17) is 0 Å². The van der Waals surface area contributed by atoms with Crippen LogP contribution in [0.25, 0.3) is 5.76 Å². The van der Waals surface area contributed by atoms with Crippen molar-refractivity contribution in [3.05, 3.63) is 77.4 Å². The van der Waals surface area contributed by atoms with Crippen molar-refractivity contribution < 1.29 is 24.2 Å². The maximum Gasteiger partial charge on any atom is 0.325 e. The molecule has 0 aromatic heterocycles. The molecule has 1 fully saturated rings. The van der Waals surface area contributed by atoms with E-state index in [-0.39, 0.29) is 17.9 Å². The van der Waals surface area contributed by atoms with Crippen molar-refractivity contribution in [1.82, 2.24) is 4.90 Å². The first-order valence-electron chi connectivity index (χ1n) is 8.00. The number of hydrogen-bond donors (Lipinski definition) is 1. The summed E-state index contributed by atoms with van der Waals surface area (Å²) in [5.41, 5.74) is 0.994. The summed E-state index contributed by atoms with van der Waals surface area (Å²) in [5, 5.41) is 10.7. The van der Waals surface area contributed by atoms with Gasteiger partial charge in [-0.2, -0.15) is 0 Å². The predicted octanol–water partition coefficient (Wildman–Crippen LogP) is 2.28. The monoisotopic (exact) mass is 351 g/mol. The largest absolute Gasteiger partial charge is 0.507 e.